The maximum atomic E-state index is 13.0. The molecule has 1 amide bonds. The van der Waals surface area contributed by atoms with Gasteiger partial charge in [0.1, 0.15) is 11.5 Å². The largest absolute Gasteiger partial charge is 0.495 e. The van der Waals surface area contributed by atoms with Gasteiger partial charge in [0.15, 0.2) is 6.10 Å². The highest BCUT2D eigenvalue weighted by Crippen LogP contribution is 2.30. The number of hydrogen-bond acceptors (Lipinski definition) is 6. The van der Waals surface area contributed by atoms with E-state index >= 15 is 0 Å². The van der Waals surface area contributed by atoms with Crippen LogP contribution in [0, 0.1) is 6.92 Å². The summed E-state index contributed by atoms with van der Waals surface area (Å²) in [5.41, 5.74) is 1.19. The summed E-state index contributed by atoms with van der Waals surface area (Å²) in [4.78, 5) is 13.0. The molecular formula is C22H28N2O6S. The molecule has 1 unspecified atom stereocenters. The second-order valence-corrected chi connectivity index (χ2v) is 9.09. The number of aryl methyl sites for hydroxylation is 1. The van der Waals surface area contributed by atoms with Crippen LogP contribution < -0.4 is 14.8 Å². The number of carbonyl (C=O) groups is 1. The Labute approximate surface area is 183 Å². The fourth-order valence-electron chi connectivity index (χ4n) is 3.26. The van der Waals surface area contributed by atoms with Crippen molar-refractivity contribution >= 4 is 21.6 Å². The Hall–Kier alpha value is -2.62. The summed E-state index contributed by atoms with van der Waals surface area (Å²) >= 11 is 0. The van der Waals surface area contributed by atoms with Crippen LogP contribution in [0.15, 0.2) is 47.4 Å². The average molecular weight is 449 g/mol. The molecule has 2 aromatic rings. The van der Waals surface area contributed by atoms with E-state index in [0.29, 0.717) is 31.1 Å². The molecule has 0 saturated carbocycles. The summed E-state index contributed by atoms with van der Waals surface area (Å²) in [5.74, 6) is 0.602. The first-order valence-electron chi connectivity index (χ1n) is 10.2. The molecule has 3 rings (SSSR count). The number of morpholine rings is 1. The van der Waals surface area contributed by atoms with E-state index in [-0.39, 0.29) is 29.6 Å². The number of para-hydroxylation sites is 1. The van der Waals surface area contributed by atoms with Gasteiger partial charge in [-0.3, -0.25) is 4.79 Å². The number of benzene rings is 2. The second kappa shape index (κ2) is 10.1. The van der Waals surface area contributed by atoms with Gasteiger partial charge in [0, 0.05) is 13.1 Å². The second-order valence-electron chi connectivity index (χ2n) is 7.15. The normalized spacial score (nSPS) is 15.8. The molecule has 8 nitrogen and oxygen atoms in total. The van der Waals surface area contributed by atoms with Crippen LogP contribution in [0.2, 0.25) is 0 Å². The van der Waals surface area contributed by atoms with Gasteiger partial charge in [0.05, 0.1) is 30.9 Å². The third-order valence-corrected chi connectivity index (χ3v) is 6.96. The van der Waals surface area contributed by atoms with Gasteiger partial charge < -0.3 is 19.5 Å². The van der Waals surface area contributed by atoms with Crippen LogP contribution >= 0.6 is 0 Å². The van der Waals surface area contributed by atoms with Crippen LogP contribution in [0.3, 0.4) is 0 Å². The van der Waals surface area contributed by atoms with Crippen LogP contribution in [0.4, 0.5) is 5.69 Å². The van der Waals surface area contributed by atoms with E-state index in [0.717, 1.165) is 5.56 Å². The van der Waals surface area contributed by atoms with Crippen molar-refractivity contribution in [1.82, 2.24) is 4.31 Å². The van der Waals surface area contributed by atoms with Crippen LogP contribution in [0.1, 0.15) is 18.9 Å². The molecule has 1 aliphatic heterocycles. The summed E-state index contributed by atoms with van der Waals surface area (Å²) in [6.45, 7) is 5.04. The predicted molar refractivity (Wildman–Crippen MR) is 117 cm³/mol. The molecule has 1 fully saturated rings. The Morgan fingerprint density at radius 1 is 1.16 bits per heavy atom. The zero-order chi connectivity index (χ0) is 22.4. The van der Waals surface area contributed by atoms with Crippen molar-refractivity contribution in [3.63, 3.8) is 0 Å². The van der Waals surface area contributed by atoms with E-state index in [1.807, 2.05) is 32.0 Å². The SMILES string of the molecule is CCC(Oc1ccccc1C)C(=O)Nc1cc(S(=O)(=O)N2CCOCC2)ccc1OC. The first-order chi connectivity index (χ1) is 14.9. The van der Waals surface area contributed by atoms with E-state index < -0.39 is 16.1 Å². The van der Waals surface area contributed by atoms with Gasteiger partial charge in [-0.2, -0.15) is 4.31 Å². The molecule has 0 bridgehead atoms. The number of carbonyl (C=O) groups excluding carboxylic acids is 1. The molecule has 0 spiro atoms. The quantitative estimate of drug-likeness (QED) is 0.667. The van der Waals surface area contributed by atoms with Gasteiger partial charge in [-0.25, -0.2) is 8.42 Å². The minimum atomic E-state index is -3.71. The molecular weight excluding hydrogens is 420 g/mol. The van der Waals surface area contributed by atoms with E-state index in [2.05, 4.69) is 5.32 Å². The molecule has 1 heterocycles. The lowest BCUT2D eigenvalue weighted by Gasteiger charge is -2.26. The first kappa shape index (κ1) is 23.1. The van der Waals surface area contributed by atoms with Crippen LogP contribution in [0.25, 0.3) is 0 Å². The van der Waals surface area contributed by atoms with Crippen molar-refractivity contribution in [2.24, 2.45) is 0 Å². The topological polar surface area (TPSA) is 94.2 Å². The number of ether oxygens (including phenoxy) is 3. The van der Waals surface area contributed by atoms with Gasteiger partial charge in [-0.15, -0.1) is 0 Å². The number of nitrogens with zero attached hydrogens (tertiary/aromatic N) is 1. The number of amides is 1. The van der Waals surface area contributed by atoms with Crippen LogP contribution in [-0.4, -0.2) is 58.1 Å². The van der Waals surface area contributed by atoms with Crippen LogP contribution in [-0.2, 0) is 19.6 Å². The van der Waals surface area contributed by atoms with Crippen molar-refractivity contribution in [2.75, 3.05) is 38.7 Å². The Balaban J connectivity index is 1.83. The number of hydrogen-bond donors (Lipinski definition) is 1. The number of methoxy groups -OCH3 is 1. The van der Waals surface area contributed by atoms with Crippen molar-refractivity contribution < 1.29 is 27.4 Å². The Morgan fingerprint density at radius 2 is 1.87 bits per heavy atom. The Bertz CT molecular complexity index is 1020. The summed E-state index contributed by atoms with van der Waals surface area (Å²) in [7, 11) is -2.25. The molecule has 1 saturated heterocycles. The maximum Gasteiger partial charge on any atom is 0.265 e. The molecule has 168 valence electrons. The molecule has 9 heteroatoms. The van der Waals surface area contributed by atoms with Gasteiger partial charge in [-0.05, 0) is 43.2 Å². The summed E-state index contributed by atoms with van der Waals surface area (Å²) < 4.78 is 43.8. The fourth-order valence-corrected chi connectivity index (χ4v) is 4.69. The van der Waals surface area contributed by atoms with E-state index in [1.165, 1.54) is 29.6 Å². The molecule has 1 N–H and O–H groups in total. The molecule has 2 aromatic carbocycles. The van der Waals surface area contributed by atoms with Gasteiger partial charge in [-0.1, -0.05) is 25.1 Å². The van der Waals surface area contributed by atoms with E-state index in [4.69, 9.17) is 14.2 Å². The zero-order valence-electron chi connectivity index (χ0n) is 18.0. The van der Waals surface area contributed by atoms with Gasteiger partial charge in [0.25, 0.3) is 5.91 Å². The predicted octanol–water partition coefficient (Wildman–Crippen LogP) is 2.82. The number of sulfonamides is 1. The molecule has 0 radical (unpaired) electrons. The van der Waals surface area contributed by atoms with Crippen molar-refractivity contribution in [3.8, 4) is 11.5 Å². The lowest BCUT2D eigenvalue weighted by Crippen LogP contribution is -2.40. The fraction of sp³-hybridized carbons (Fsp3) is 0.409. The molecule has 0 aromatic heterocycles. The van der Waals surface area contributed by atoms with Gasteiger partial charge in [0.2, 0.25) is 10.0 Å². The van der Waals surface area contributed by atoms with Crippen molar-refractivity contribution in [3.05, 3.63) is 48.0 Å². The average Bonchev–Trinajstić information content (AvgIpc) is 2.79. The molecule has 0 aliphatic carbocycles. The van der Waals surface area contributed by atoms with Crippen LogP contribution in [0.5, 0.6) is 11.5 Å². The number of nitrogens with one attached hydrogen (secondary N) is 1. The Morgan fingerprint density at radius 3 is 2.52 bits per heavy atom. The highest BCUT2D eigenvalue weighted by molar-refractivity contribution is 7.89. The molecule has 31 heavy (non-hydrogen) atoms. The minimum absolute atomic E-state index is 0.0818. The zero-order valence-corrected chi connectivity index (χ0v) is 18.8. The lowest BCUT2D eigenvalue weighted by atomic mass is 10.2. The monoisotopic (exact) mass is 448 g/mol. The molecule has 1 atom stereocenters. The first-order valence-corrected chi connectivity index (χ1v) is 11.6. The summed E-state index contributed by atoms with van der Waals surface area (Å²) in [5, 5.41) is 2.77. The lowest BCUT2D eigenvalue weighted by molar-refractivity contribution is -0.122. The smallest absolute Gasteiger partial charge is 0.265 e. The third-order valence-electron chi connectivity index (χ3n) is 5.06. The maximum absolute atomic E-state index is 13.0. The number of rotatable bonds is 8. The third kappa shape index (κ3) is 5.36. The summed E-state index contributed by atoms with van der Waals surface area (Å²) in [6.07, 6.45) is -0.306. The van der Waals surface area contributed by atoms with Crippen molar-refractivity contribution in [1.29, 1.82) is 0 Å². The highest BCUT2D eigenvalue weighted by Gasteiger charge is 2.28. The Kier molecular flexibility index (Phi) is 7.53. The van der Waals surface area contributed by atoms with Gasteiger partial charge >= 0.3 is 0 Å². The minimum Gasteiger partial charge on any atom is -0.495 e. The van der Waals surface area contributed by atoms with E-state index in [9.17, 15) is 13.2 Å². The number of anilines is 1. The van der Waals surface area contributed by atoms with E-state index in [1.54, 1.807) is 6.07 Å². The molecule has 1 aliphatic rings. The highest BCUT2D eigenvalue weighted by atomic mass is 32.2. The van der Waals surface area contributed by atoms with Crippen molar-refractivity contribution in [2.45, 2.75) is 31.3 Å². The standard InChI is InChI=1S/C22H28N2O6S/c1-4-19(30-20-8-6-5-7-16(20)2)22(25)23-18-15-17(9-10-21(18)28-3)31(26,27)24-11-13-29-14-12-24/h5-10,15,19H,4,11-14H2,1-3H3,(H,23,25). The summed E-state index contributed by atoms with van der Waals surface area (Å²) in [6, 6.07) is 11.9.